The van der Waals surface area contributed by atoms with Crippen molar-refractivity contribution in [2.45, 2.75) is 0 Å². The number of hydrogen-bond acceptors (Lipinski definition) is 4. The van der Waals surface area contributed by atoms with E-state index in [1.54, 1.807) is 25.3 Å². The lowest BCUT2D eigenvalue weighted by Crippen LogP contribution is -2.33. The molecule has 122 valence electrons. The van der Waals surface area contributed by atoms with Crippen molar-refractivity contribution in [3.05, 3.63) is 69.4 Å². The molecule has 0 aliphatic heterocycles. The number of hydrogen-bond donors (Lipinski definition) is 0. The third-order valence-electron chi connectivity index (χ3n) is 3.57. The fourth-order valence-corrected chi connectivity index (χ4v) is 3.33. The van der Waals surface area contributed by atoms with Crippen LogP contribution in [0.25, 0.3) is 16.2 Å². The van der Waals surface area contributed by atoms with Crippen LogP contribution in [-0.4, -0.2) is 33.8 Å². The van der Waals surface area contributed by atoms with Crippen LogP contribution in [-0.2, 0) is 0 Å². The van der Waals surface area contributed by atoms with Crippen LogP contribution in [0.3, 0.4) is 0 Å². The molecule has 5 nitrogen and oxygen atoms in total. The van der Waals surface area contributed by atoms with Gasteiger partial charge in [-0.05, 0) is 17.7 Å². The van der Waals surface area contributed by atoms with Crippen molar-refractivity contribution in [3.63, 3.8) is 0 Å². The fourth-order valence-electron chi connectivity index (χ4n) is 2.34. The Hall–Kier alpha value is -2.44. The number of carbonyl (C=O) groups excluding carboxylic acids is 1. The van der Waals surface area contributed by atoms with E-state index in [0.717, 1.165) is 5.56 Å². The van der Waals surface area contributed by atoms with Crippen LogP contribution in [0.4, 0.5) is 0 Å². The Balaban J connectivity index is 2.16. The smallest absolute Gasteiger partial charge is 0.271 e. The Bertz CT molecular complexity index is 976. The minimum atomic E-state index is -0.382. The van der Waals surface area contributed by atoms with Crippen molar-refractivity contribution in [2.24, 2.45) is 0 Å². The van der Waals surface area contributed by atoms with Crippen LogP contribution in [0.2, 0.25) is 5.02 Å². The van der Waals surface area contributed by atoms with E-state index in [9.17, 15) is 9.59 Å². The van der Waals surface area contributed by atoms with Crippen LogP contribution in [0.15, 0.2) is 53.3 Å². The Morgan fingerprint density at radius 3 is 2.79 bits per heavy atom. The summed E-state index contributed by atoms with van der Waals surface area (Å²) in [5.74, 6) is -0.380. The van der Waals surface area contributed by atoms with Crippen molar-refractivity contribution in [3.8, 4) is 11.3 Å². The summed E-state index contributed by atoms with van der Waals surface area (Å²) in [7, 11) is 1.62. The molecule has 0 fully saturated rings. The van der Waals surface area contributed by atoms with E-state index in [-0.39, 0.29) is 17.0 Å². The maximum atomic E-state index is 12.8. The molecule has 3 rings (SSSR count). The first-order valence-corrected chi connectivity index (χ1v) is 8.40. The highest BCUT2D eigenvalue weighted by Crippen LogP contribution is 2.25. The molecule has 0 saturated carbocycles. The van der Waals surface area contributed by atoms with Gasteiger partial charge < -0.3 is 4.90 Å². The zero-order valence-electron chi connectivity index (χ0n) is 12.9. The largest absolute Gasteiger partial charge is 0.338 e. The summed E-state index contributed by atoms with van der Waals surface area (Å²) >= 11 is 7.26. The predicted octanol–water partition coefficient (Wildman–Crippen LogP) is 3.33. The number of rotatable bonds is 4. The lowest BCUT2D eigenvalue weighted by molar-refractivity contribution is 0.0808. The minimum Gasteiger partial charge on any atom is -0.338 e. The highest BCUT2D eigenvalue weighted by atomic mass is 35.5. The molecule has 0 radical (unpaired) electrons. The molecule has 0 saturated heterocycles. The van der Waals surface area contributed by atoms with Gasteiger partial charge in [-0.3, -0.25) is 14.0 Å². The molecule has 0 atom stereocenters. The molecule has 0 spiro atoms. The molecular weight excluding hydrogens is 346 g/mol. The van der Waals surface area contributed by atoms with E-state index in [0.29, 0.717) is 22.2 Å². The summed E-state index contributed by atoms with van der Waals surface area (Å²) < 4.78 is 1.46. The fraction of sp³-hybridized carbons (Fsp3) is 0.118. The van der Waals surface area contributed by atoms with Gasteiger partial charge >= 0.3 is 0 Å². The molecule has 0 aliphatic carbocycles. The van der Waals surface area contributed by atoms with Gasteiger partial charge in [0, 0.05) is 30.2 Å². The molecule has 1 amide bonds. The van der Waals surface area contributed by atoms with Gasteiger partial charge in [-0.25, -0.2) is 4.98 Å². The van der Waals surface area contributed by atoms with Crippen molar-refractivity contribution >= 4 is 33.8 Å². The van der Waals surface area contributed by atoms with Crippen LogP contribution in [0, 0.1) is 0 Å². The second-order valence-corrected chi connectivity index (χ2v) is 6.47. The third kappa shape index (κ3) is 2.86. The summed E-state index contributed by atoms with van der Waals surface area (Å²) in [6.45, 7) is 3.96. The predicted molar refractivity (Wildman–Crippen MR) is 96.9 cm³/mol. The second-order valence-electron chi connectivity index (χ2n) is 5.20. The van der Waals surface area contributed by atoms with E-state index >= 15 is 0 Å². The monoisotopic (exact) mass is 359 g/mol. The number of benzene rings is 1. The zero-order valence-corrected chi connectivity index (χ0v) is 14.5. The van der Waals surface area contributed by atoms with E-state index in [1.807, 2.05) is 17.5 Å². The van der Waals surface area contributed by atoms with Gasteiger partial charge in [0.25, 0.3) is 11.5 Å². The van der Waals surface area contributed by atoms with Gasteiger partial charge in [-0.1, -0.05) is 29.8 Å². The number of likely N-dealkylation sites (N-methyl/N-ethyl adjacent to an activating group) is 1. The zero-order chi connectivity index (χ0) is 17.3. The number of halogens is 1. The topological polar surface area (TPSA) is 54.7 Å². The summed E-state index contributed by atoms with van der Waals surface area (Å²) in [6.07, 6.45) is 2.94. The molecule has 0 N–H and O–H groups in total. The second kappa shape index (κ2) is 6.59. The first kappa shape index (κ1) is 16.4. The number of carbonyl (C=O) groups is 1. The quantitative estimate of drug-likeness (QED) is 0.671. The van der Waals surface area contributed by atoms with Crippen molar-refractivity contribution in [1.82, 2.24) is 14.3 Å². The van der Waals surface area contributed by atoms with Crippen molar-refractivity contribution in [2.75, 3.05) is 13.6 Å². The molecule has 24 heavy (non-hydrogen) atoms. The van der Waals surface area contributed by atoms with Crippen molar-refractivity contribution < 1.29 is 4.79 Å². The number of fused-ring (bicyclic) bond motifs is 1. The van der Waals surface area contributed by atoms with Gasteiger partial charge in [0.1, 0.15) is 5.56 Å². The van der Waals surface area contributed by atoms with E-state index in [2.05, 4.69) is 11.6 Å². The van der Waals surface area contributed by atoms with Crippen molar-refractivity contribution in [1.29, 1.82) is 0 Å². The summed E-state index contributed by atoms with van der Waals surface area (Å²) in [5.41, 5.74) is 1.17. The summed E-state index contributed by atoms with van der Waals surface area (Å²) in [6, 6.07) is 7.17. The van der Waals surface area contributed by atoms with Gasteiger partial charge in [-0.2, -0.15) is 0 Å². The molecule has 7 heteroatoms. The molecule has 0 aliphatic rings. The van der Waals surface area contributed by atoms with Crippen LogP contribution in [0.5, 0.6) is 0 Å². The highest BCUT2D eigenvalue weighted by Gasteiger charge is 2.19. The average Bonchev–Trinajstić information content (AvgIpc) is 3.00. The van der Waals surface area contributed by atoms with Gasteiger partial charge in [-0.15, -0.1) is 17.9 Å². The molecule has 3 aromatic rings. The van der Waals surface area contributed by atoms with E-state index in [4.69, 9.17) is 11.6 Å². The van der Waals surface area contributed by atoms with Crippen LogP contribution >= 0.6 is 22.9 Å². The van der Waals surface area contributed by atoms with Gasteiger partial charge in [0.2, 0.25) is 0 Å². The van der Waals surface area contributed by atoms with Crippen LogP contribution < -0.4 is 5.56 Å². The molecule has 1 aromatic carbocycles. The number of amides is 1. The third-order valence-corrected chi connectivity index (χ3v) is 4.66. The van der Waals surface area contributed by atoms with Crippen LogP contribution in [0.1, 0.15) is 10.4 Å². The minimum absolute atomic E-state index is 0.0328. The maximum absolute atomic E-state index is 12.8. The number of nitrogens with zero attached hydrogens (tertiary/aromatic N) is 3. The number of thiazole rings is 1. The number of aromatic nitrogens is 2. The van der Waals surface area contributed by atoms with E-state index in [1.165, 1.54) is 26.8 Å². The highest BCUT2D eigenvalue weighted by molar-refractivity contribution is 7.15. The molecule has 0 bridgehead atoms. The molecule has 0 unspecified atom stereocenters. The normalized spacial score (nSPS) is 10.8. The molecular formula is C17H14ClN3O2S. The average molecular weight is 360 g/mol. The SMILES string of the molecule is C=CCN(C)C(=O)c1cnc2scc(-c3ccc(Cl)cc3)n2c1=O. The van der Waals surface area contributed by atoms with Gasteiger partial charge in [0.15, 0.2) is 4.96 Å². The Kier molecular flexibility index (Phi) is 4.51. The lowest BCUT2D eigenvalue weighted by Gasteiger charge is -2.14. The first-order valence-electron chi connectivity index (χ1n) is 7.14. The molecule has 2 heterocycles. The molecule has 2 aromatic heterocycles. The van der Waals surface area contributed by atoms with E-state index < -0.39 is 0 Å². The van der Waals surface area contributed by atoms with Gasteiger partial charge in [0.05, 0.1) is 5.69 Å². The summed E-state index contributed by atoms with van der Waals surface area (Å²) in [5, 5.41) is 2.46. The lowest BCUT2D eigenvalue weighted by atomic mass is 10.2. The Morgan fingerprint density at radius 1 is 1.42 bits per heavy atom. The Labute approximate surface area is 147 Å². The first-order chi connectivity index (χ1) is 11.5. The standard InChI is InChI=1S/C17H14ClN3O2S/c1-3-8-20(2)15(22)13-9-19-17-21(16(13)23)14(10-24-17)11-4-6-12(18)7-5-11/h3-7,9-10H,1,8H2,2H3. The maximum Gasteiger partial charge on any atom is 0.271 e. The Morgan fingerprint density at radius 2 is 2.12 bits per heavy atom. The summed E-state index contributed by atoms with van der Waals surface area (Å²) in [4.78, 5) is 31.5.